The summed E-state index contributed by atoms with van der Waals surface area (Å²) in [7, 11) is 0. The van der Waals surface area contributed by atoms with E-state index in [0.717, 1.165) is 36.8 Å². The van der Waals surface area contributed by atoms with Crippen molar-refractivity contribution in [2.24, 2.45) is 0 Å². The zero-order chi connectivity index (χ0) is 16.0. The lowest BCUT2D eigenvalue weighted by molar-refractivity contribution is 0.243. The highest BCUT2D eigenvalue weighted by Gasteiger charge is 2.21. The van der Waals surface area contributed by atoms with Crippen molar-refractivity contribution >= 4 is 28.7 Å². The van der Waals surface area contributed by atoms with E-state index in [9.17, 15) is 0 Å². The zero-order valence-electron chi connectivity index (χ0n) is 13.1. The first-order valence-corrected chi connectivity index (χ1v) is 8.20. The predicted molar refractivity (Wildman–Crippen MR) is 94.5 cm³/mol. The van der Waals surface area contributed by atoms with Crippen molar-refractivity contribution in [2.75, 3.05) is 6.54 Å². The van der Waals surface area contributed by atoms with E-state index >= 15 is 0 Å². The Kier molecular flexibility index (Phi) is 3.51. The number of halogens is 1. The standard InChI is InChI=1S/C18H19ClN4/c1-3-23-10-13(12(2)21-23)9-22-7-6-15-16-8-14(19)4-5-17(16)20-18(15)11-22/h3-5,8,10,20H,1,6-7,9,11H2,2H3. The highest BCUT2D eigenvalue weighted by atomic mass is 35.5. The fraction of sp³-hybridized carbons (Fsp3) is 0.278. The van der Waals surface area contributed by atoms with E-state index in [1.54, 1.807) is 10.9 Å². The molecule has 2 aromatic heterocycles. The Labute approximate surface area is 140 Å². The number of benzene rings is 1. The summed E-state index contributed by atoms with van der Waals surface area (Å²) in [6.07, 6.45) is 4.83. The fourth-order valence-corrected chi connectivity index (χ4v) is 3.58. The summed E-state index contributed by atoms with van der Waals surface area (Å²) in [4.78, 5) is 6.01. The number of aromatic amines is 1. The average Bonchev–Trinajstić information content (AvgIpc) is 3.07. The number of hydrogen-bond acceptors (Lipinski definition) is 2. The molecule has 0 unspecified atom stereocenters. The number of nitrogens with zero attached hydrogens (tertiary/aromatic N) is 3. The van der Waals surface area contributed by atoms with Crippen LogP contribution in [0.15, 0.2) is 31.0 Å². The molecular formula is C18H19ClN4. The first-order chi connectivity index (χ1) is 11.1. The van der Waals surface area contributed by atoms with Gasteiger partial charge in [0.15, 0.2) is 0 Å². The molecule has 0 amide bonds. The number of hydrogen-bond donors (Lipinski definition) is 1. The molecule has 0 atom stereocenters. The molecule has 118 valence electrons. The second-order valence-electron chi connectivity index (χ2n) is 6.14. The van der Waals surface area contributed by atoms with Crippen LogP contribution in [0.3, 0.4) is 0 Å². The minimum Gasteiger partial charge on any atom is -0.357 e. The zero-order valence-corrected chi connectivity index (χ0v) is 13.9. The van der Waals surface area contributed by atoms with Gasteiger partial charge in [0, 0.05) is 59.2 Å². The van der Waals surface area contributed by atoms with Crippen LogP contribution in [0, 0.1) is 6.92 Å². The molecule has 3 heterocycles. The Balaban J connectivity index is 1.60. The number of aromatic nitrogens is 3. The van der Waals surface area contributed by atoms with Crippen LogP contribution in [-0.2, 0) is 19.5 Å². The molecule has 0 bridgehead atoms. The summed E-state index contributed by atoms with van der Waals surface area (Å²) in [6, 6.07) is 6.08. The molecule has 0 spiro atoms. The molecule has 4 rings (SSSR count). The molecule has 1 N–H and O–H groups in total. The minimum absolute atomic E-state index is 0.800. The van der Waals surface area contributed by atoms with Crippen molar-refractivity contribution in [1.82, 2.24) is 19.7 Å². The number of aryl methyl sites for hydroxylation is 1. The number of nitrogens with one attached hydrogen (secondary N) is 1. The van der Waals surface area contributed by atoms with Crippen LogP contribution < -0.4 is 0 Å². The molecule has 3 aromatic rings. The highest BCUT2D eigenvalue weighted by Crippen LogP contribution is 2.30. The lowest BCUT2D eigenvalue weighted by Gasteiger charge is -2.26. The Hall–Kier alpha value is -2.04. The molecule has 0 fully saturated rings. The second-order valence-corrected chi connectivity index (χ2v) is 6.57. The number of fused-ring (bicyclic) bond motifs is 3. The summed E-state index contributed by atoms with van der Waals surface area (Å²) in [5.74, 6) is 0. The molecule has 1 aliphatic rings. The van der Waals surface area contributed by atoms with E-state index in [4.69, 9.17) is 11.6 Å². The van der Waals surface area contributed by atoms with Crippen molar-refractivity contribution in [3.8, 4) is 0 Å². The van der Waals surface area contributed by atoms with E-state index < -0.39 is 0 Å². The van der Waals surface area contributed by atoms with E-state index in [-0.39, 0.29) is 0 Å². The summed E-state index contributed by atoms with van der Waals surface area (Å²) in [6.45, 7) is 8.71. The van der Waals surface area contributed by atoms with Gasteiger partial charge in [-0.25, -0.2) is 4.68 Å². The molecule has 0 saturated carbocycles. The molecule has 23 heavy (non-hydrogen) atoms. The van der Waals surface area contributed by atoms with Crippen molar-refractivity contribution in [3.05, 3.63) is 58.5 Å². The van der Waals surface area contributed by atoms with Crippen LogP contribution in [0.25, 0.3) is 17.1 Å². The molecule has 0 aliphatic carbocycles. The van der Waals surface area contributed by atoms with Gasteiger partial charge in [-0.3, -0.25) is 4.90 Å². The monoisotopic (exact) mass is 326 g/mol. The van der Waals surface area contributed by atoms with Gasteiger partial charge in [0.2, 0.25) is 0 Å². The third-order valence-corrected chi connectivity index (χ3v) is 4.85. The summed E-state index contributed by atoms with van der Waals surface area (Å²) >= 11 is 6.15. The van der Waals surface area contributed by atoms with Crippen molar-refractivity contribution in [1.29, 1.82) is 0 Å². The Morgan fingerprint density at radius 3 is 3.09 bits per heavy atom. The Morgan fingerprint density at radius 2 is 2.30 bits per heavy atom. The molecule has 4 nitrogen and oxygen atoms in total. The summed E-state index contributed by atoms with van der Waals surface area (Å²) in [5, 5.41) is 6.50. The lowest BCUT2D eigenvalue weighted by atomic mass is 10.0. The largest absolute Gasteiger partial charge is 0.357 e. The first kappa shape index (κ1) is 14.5. The van der Waals surface area contributed by atoms with Gasteiger partial charge in [-0.15, -0.1) is 0 Å². The Bertz CT molecular complexity index is 890. The van der Waals surface area contributed by atoms with Crippen LogP contribution >= 0.6 is 11.6 Å². The van der Waals surface area contributed by atoms with E-state index in [2.05, 4.69) is 46.8 Å². The van der Waals surface area contributed by atoms with E-state index in [0.29, 0.717) is 0 Å². The fourth-order valence-electron chi connectivity index (χ4n) is 3.41. The lowest BCUT2D eigenvalue weighted by Crippen LogP contribution is -2.30. The van der Waals surface area contributed by atoms with Crippen LogP contribution in [0.2, 0.25) is 5.02 Å². The molecule has 0 saturated heterocycles. The van der Waals surface area contributed by atoms with Gasteiger partial charge in [0.05, 0.1) is 5.69 Å². The number of rotatable bonds is 3. The normalized spacial score (nSPS) is 15.0. The summed E-state index contributed by atoms with van der Waals surface area (Å²) in [5.41, 5.74) is 6.23. The third-order valence-electron chi connectivity index (χ3n) is 4.62. The van der Waals surface area contributed by atoms with Gasteiger partial charge in [0.25, 0.3) is 0 Å². The van der Waals surface area contributed by atoms with Gasteiger partial charge in [0.1, 0.15) is 0 Å². The van der Waals surface area contributed by atoms with Crippen LogP contribution in [-0.4, -0.2) is 26.2 Å². The van der Waals surface area contributed by atoms with Gasteiger partial charge in [-0.05, 0) is 37.1 Å². The van der Waals surface area contributed by atoms with E-state index in [1.165, 1.54) is 27.7 Å². The van der Waals surface area contributed by atoms with Gasteiger partial charge in [-0.1, -0.05) is 18.2 Å². The molecule has 5 heteroatoms. The van der Waals surface area contributed by atoms with Crippen LogP contribution in [0.5, 0.6) is 0 Å². The molecule has 1 aliphatic heterocycles. The van der Waals surface area contributed by atoms with Gasteiger partial charge < -0.3 is 4.98 Å². The molecule has 0 radical (unpaired) electrons. The first-order valence-electron chi connectivity index (χ1n) is 7.82. The smallest absolute Gasteiger partial charge is 0.0642 e. The maximum atomic E-state index is 6.15. The predicted octanol–water partition coefficient (Wildman–Crippen LogP) is 3.99. The van der Waals surface area contributed by atoms with Crippen LogP contribution in [0.4, 0.5) is 0 Å². The van der Waals surface area contributed by atoms with Gasteiger partial charge in [-0.2, -0.15) is 5.10 Å². The highest BCUT2D eigenvalue weighted by molar-refractivity contribution is 6.31. The average molecular weight is 327 g/mol. The maximum absolute atomic E-state index is 6.15. The quantitative estimate of drug-likeness (QED) is 0.790. The number of H-pyrrole nitrogens is 1. The van der Waals surface area contributed by atoms with Gasteiger partial charge >= 0.3 is 0 Å². The molecule has 1 aromatic carbocycles. The third kappa shape index (κ3) is 2.58. The summed E-state index contributed by atoms with van der Waals surface area (Å²) < 4.78 is 1.78. The Morgan fingerprint density at radius 1 is 1.43 bits per heavy atom. The second kappa shape index (κ2) is 5.55. The van der Waals surface area contributed by atoms with Crippen molar-refractivity contribution in [2.45, 2.75) is 26.4 Å². The SMILES string of the molecule is C=Cn1cc(CN2CCc3c([nH]c4ccc(Cl)cc34)C2)c(C)n1. The maximum Gasteiger partial charge on any atom is 0.0642 e. The molecular weight excluding hydrogens is 308 g/mol. The van der Waals surface area contributed by atoms with Crippen molar-refractivity contribution in [3.63, 3.8) is 0 Å². The van der Waals surface area contributed by atoms with Crippen LogP contribution in [0.1, 0.15) is 22.5 Å². The minimum atomic E-state index is 0.800. The van der Waals surface area contributed by atoms with Crippen molar-refractivity contribution < 1.29 is 0 Å². The van der Waals surface area contributed by atoms with E-state index in [1.807, 2.05) is 6.07 Å². The topological polar surface area (TPSA) is 36.9 Å².